The van der Waals surface area contributed by atoms with Crippen LogP contribution in [0.3, 0.4) is 0 Å². The highest BCUT2D eigenvalue weighted by atomic mass is 16.3. The smallest absolute Gasteiger partial charge is 0.133 e. The van der Waals surface area contributed by atoms with Gasteiger partial charge in [-0.1, -0.05) is 20.8 Å². The Morgan fingerprint density at radius 2 is 2.08 bits per heavy atom. The Morgan fingerprint density at radius 3 is 2.58 bits per heavy atom. The van der Waals surface area contributed by atoms with Crippen molar-refractivity contribution in [3.05, 3.63) is 23.8 Å². The molecule has 3 heteroatoms. The summed E-state index contributed by atoms with van der Waals surface area (Å²) in [5.41, 5.74) is 0.625. The van der Waals surface area contributed by atoms with Crippen LogP contribution in [0, 0.1) is 0 Å². The van der Waals surface area contributed by atoms with E-state index in [0.29, 0.717) is 5.69 Å². The number of aliphatic hydroxyl groups excluding tert-OH is 1. The second kappa shape index (κ2) is 3.19. The molecule has 0 saturated carbocycles. The van der Waals surface area contributed by atoms with E-state index in [2.05, 4.69) is 9.97 Å². The molecule has 1 rings (SSSR count). The third-order valence-electron chi connectivity index (χ3n) is 1.55. The molecule has 0 bridgehead atoms. The maximum atomic E-state index is 8.84. The zero-order chi connectivity index (χ0) is 9.19. The molecule has 0 unspecified atom stereocenters. The van der Waals surface area contributed by atoms with Crippen LogP contribution in [0.4, 0.5) is 0 Å². The van der Waals surface area contributed by atoms with Gasteiger partial charge in [0.25, 0.3) is 0 Å². The predicted octanol–water partition coefficient (Wildman–Crippen LogP) is 1.27. The van der Waals surface area contributed by atoms with Crippen LogP contribution in [0.5, 0.6) is 0 Å². The van der Waals surface area contributed by atoms with Gasteiger partial charge in [-0.25, -0.2) is 9.97 Å². The second-order valence-electron chi connectivity index (χ2n) is 3.78. The van der Waals surface area contributed by atoms with Gasteiger partial charge in [0.2, 0.25) is 0 Å². The van der Waals surface area contributed by atoms with Crippen molar-refractivity contribution >= 4 is 0 Å². The fourth-order valence-electron chi connectivity index (χ4n) is 0.845. The van der Waals surface area contributed by atoms with E-state index in [9.17, 15) is 0 Å². The minimum absolute atomic E-state index is 0.0222. The lowest BCUT2D eigenvalue weighted by atomic mass is 9.96. The van der Waals surface area contributed by atoms with E-state index in [1.165, 1.54) is 0 Å². The highest BCUT2D eigenvalue weighted by Gasteiger charge is 2.16. The van der Waals surface area contributed by atoms with E-state index in [-0.39, 0.29) is 12.0 Å². The molecule has 0 amide bonds. The molecule has 1 N–H and O–H groups in total. The van der Waals surface area contributed by atoms with Gasteiger partial charge in [-0.3, -0.25) is 0 Å². The van der Waals surface area contributed by atoms with Crippen molar-refractivity contribution in [2.75, 3.05) is 0 Å². The first-order chi connectivity index (χ1) is 5.54. The number of aromatic nitrogens is 2. The average molecular weight is 166 g/mol. The fraction of sp³-hybridized carbons (Fsp3) is 0.556. The summed E-state index contributed by atoms with van der Waals surface area (Å²) in [5, 5.41) is 8.84. The number of aliphatic hydroxyl groups is 1. The molecule has 1 aromatic heterocycles. The molecule has 0 aromatic carbocycles. The van der Waals surface area contributed by atoms with Crippen LogP contribution in [-0.4, -0.2) is 15.1 Å². The molecular weight excluding hydrogens is 152 g/mol. The standard InChI is InChI=1S/C9H14N2O/c1-9(2,3)8-10-5-4-7(6-12)11-8/h4-5,12H,6H2,1-3H3. The Morgan fingerprint density at radius 1 is 1.42 bits per heavy atom. The largest absolute Gasteiger partial charge is 0.390 e. The van der Waals surface area contributed by atoms with Gasteiger partial charge in [0.05, 0.1) is 12.3 Å². The van der Waals surface area contributed by atoms with Crippen molar-refractivity contribution in [2.24, 2.45) is 0 Å². The van der Waals surface area contributed by atoms with Crippen LogP contribution in [0.2, 0.25) is 0 Å². The molecule has 12 heavy (non-hydrogen) atoms. The molecule has 0 atom stereocenters. The lowest BCUT2D eigenvalue weighted by molar-refractivity contribution is 0.275. The van der Waals surface area contributed by atoms with Gasteiger partial charge < -0.3 is 5.11 Å². The Bertz CT molecular complexity index is 265. The van der Waals surface area contributed by atoms with Crippen molar-refractivity contribution < 1.29 is 5.11 Å². The first kappa shape index (κ1) is 9.13. The third-order valence-corrected chi connectivity index (χ3v) is 1.55. The molecule has 1 aromatic rings. The Hall–Kier alpha value is -0.960. The Balaban J connectivity index is 3.02. The van der Waals surface area contributed by atoms with E-state index in [4.69, 9.17) is 5.11 Å². The Labute approximate surface area is 72.5 Å². The molecule has 3 nitrogen and oxygen atoms in total. The van der Waals surface area contributed by atoms with Gasteiger partial charge in [0.15, 0.2) is 0 Å². The van der Waals surface area contributed by atoms with Crippen LogP contribution in [0.15, 0.2) is 12.3 Å². The highest BCUT2D eigenvalue weighted by molar-refractivity contribution is 5.07. The summed E-state index contributed by atoms with van der Waals surface area (Å²) in [5.74, 6) is 0.772. The summed E-state index contributed by atoms with van der Waals surface area (Å²) in [6.45, 7) is 6.11. The van der Waals surface area contributed by atoms with E-state index >= 15 is 0 Å². The zero-order valence-corrected chi connectivity index (χ0v) is 7.70. The van der Waals surface area contributed by atoms with Crippen LogP contribution >= 0.6 is 0 Å². The predicted molar refractivity (Wildman–Crippen MR) is 46.7 cm³/mol. The summed E-state index contributed by atoms with van der Waals surface area (Å²) in [4.78, 5) is 8.34. The molecule has 0 spiro atoms. The van der Waals surface area contributed by atoms with Crippen molar-refractivity contribution in [3.63, 3.8) is 0 Å². The summed E-state index contributed by atoms with van der Waals surface area (Å²) in [6.07, 6.45) is 1.68. The lowest BCUT2D eigenvalue weighted by Crippen LogP contribution is -2.16. The van der Waals surface area contributed by atoms with E-state index in [0.717, 1.165) is 5.82 Å². The van der Waals surface area contributed by atoms with Gasteiger partial charge in [-0.05, 0) is 6.07 Å². The average Bonchev–Trinajstić information content (AvgIpc) is 2.03. The quantitative estimate of drug-likeness (QED) is 0.683. The summed E-state index contributed by atoms with van der Waals surface area (Å²) < 4.78 is 0. The number of hydrogen-bond acceptors (Lipinski definition) is 3. The molecule has 66 valence electrons. The monoisotopic (exact) mass is 166 g/mol. The summed E-state index contributed by atoms with van der Waals surface area (Å²) in [7, 11) is 0. The molecule has 1 heterocycles. The van der Waals surface area contributed by atoms with E-state index in [1.807, 2.05) is 20.8 Å². The Kier molecular flexibility index (Phi) is 2.43. The third kappa shape index (κ3) is 2.01. The van der Waals surface area contributed by atoms with Gasteiger partial charge in [0, 0.05) is 11.6 Å². The molecule has 0 saturated heterocycles. The molecular formula is C9H14N2O. The van der Waals surface area contributed by atoms with Crippen molar-refractivity contribution in [2.45, 2.75) is 32.8 Å². The van der Waals surface area contributed by atoms with Crippen LogP contribution < -0.4 is 0 Å². The number of hydrogen-bond donors (Lipinski definition) is 1. The lowest BCUT2D eigenvalue weighted by Gasteiger charge is -2.16. The minimum Gasteiger partial charge on any atom is -0.390 e. The fourth-order valence-corrected chi connectivity index (χ4v) is 0.845. The van der Waals surface area contributed by atoms with E-state index in [1.54, 1.807) is 12.3 Å². The molecule has 0 aliphatic rings. The second-order valence-corrected chi connectivity index (χ2v) is 3.78. The molecule has 0 aliphatic carbocycles. The molecule has 0 radical (unpaired) electrons. The first-order valence-electron chi connectivity index (χ1n) is 3.97. The van der Waals surface area contributed by atoms with Crippen molar-refractivity contribution in [1.29, 1.82) is 0 Å². The highest BCUT2D eigenvalue weighted by Crippen LogP contribution is 2.17. The topological polar surface area (TPSA) is 46.0 Å². The maximum Gasteiger partial charge on any atom is 0.133 e. The van der Waals surface area contributed by atoms with Gasteiger partial charge >= 0.3 is 0 Å². The number of rotatable bonds is 1. The first-order valence-corrected chi connectivity index (χ1v) is 3.97. The zero-order valence-electron chi connectivity index (χ0n) is 7.70. The molecule has 0 aliphatic heterocycles. The minimum atomic E-state index is -0.0504. The van der Waals surface area contributed by atoms with Gasteiger partial charge in [-0.15, -0.1) is 0 Å². The van der Waals surface area contributed by atoms with Crippen molar-refractivity contribution in [1.82, 2.24) is 9.97 Å². The van der Waals surface area contributed by atoms with Gasteiger partial charge in [-0.2, -0.15) is 0 Å². The van der Waals surface area contributed by atoms with E-state index < -0.39 is 0 Å². The maximum absolute atomic E-state index is 8.84. The normalized spacial score (nSPS) is 11.7. The summed E-state index contributed by atoms with van der Waals surface area (Å²) >= 11 is 0. The molecule has 0 fully saturated rings. The van der Waals surface area contributed by atoms with Gasteiger partial charge in [0.1, 0.15) is 5.82 Å². The SMILES string of the molecule is CC(C)(C)c1nccc(CO)n1. The van der Waals surface area contributed by atoms with Crippen LogP contribution in [0.1, 0.15) is 32.3 Å². The van der Waals surface area contributed by atoms with Crippen LogP contribution in [0.25, 0.3) is 0 Å². The van der Waals surface area contributed by atoms with Crippen LogP contribution in [-0.2, 0) is 12.0 Å². The number of nitrogens with zero attached hydrogens (tertiary/aromatic N) is 2. The summed E-state index contributed by atoms with van der Waals surface area (Å²) in [6, 6.07) is 1.72. The van der Waals surface area contributed by atoms with Crippen molar-refractivity contribution in [3.8, 4) is 0 Å².